The zero-order valence-corrected chi connectivity index (χ0v) is 18.0. The molecule has 2 amide bonds. The van der Waals surface area contributed by atoms with E-state index in [-0.39, 0.29) is 18.4 Å². The van der Waals surface area contributed by atoms with Crippen LogP contribution in [0.2, 0.25) is 0 Å². The highest BCUT2D eigenvalue weighted by Crippen LogP contribution is 2.16. The van der Waals surface area contributed by atoms with Gasteiger partial charge in [0.1, 0.15) is 0 Å². The topological polar surface area (TPSA) is 49.4 Å². The monoisotopic (exact) mass is 464 g/mol. The Morgan fingerprint density at radius 1 is 0.917 bits per heavy atom. The Labute approximate surface area is 163 Å². The molecule has 0 aliphatic rings. The van der Waals surface area contributed by atoms with Gasteiger partial charge < -0.3 is 10.2 Å². The molecule has 0 fully saturated rings. The number of carbonyl (C=O) groups excluding carboxylic acids is 2. The summed E-state index contributed by atoms with van der Waals surface area (Å²) in [6.07, 6.45) is 16.3. The van der Waals surface area contributed by atoms with Crippen LogP contribution in [0, 0.1) is 0 Å². The van der Waals surface area contributed by atoms with E-state index in [0.29, 0.717) is 0 Å². The summed E-state index contributed by atoms with van der Waals surface area (Å²) in [7, 11) is 3.34. The Morgan fingerprint density at radius 2 is 1.46 bits per heavy atom. The van der Waals surface area contributed by atoms with Crippen LogP contribution < -0.4 is 5.32 Å². The Hall–Kier alpha value is -0.620. The smallest absolute Gasteiger partial charge is 0.244 e. The van der Waals surface area contributed by atoms with Crippen LogP contribution in [0.1, 0.15) is 57.8 Å². The van der Waals surface area contributed by atoms with Gasteiger partial charge in [-0.15, -0.1) is 0 Å². The molecule has 0 spiro atoms. The number of likely N-dealkylation sites (N-methyl/N-ethyl adjacent to an activating group) is 1. The molecule has 0 saturated heterocycles. The molecule has 0 unspecified atom stereocenters. The first kappa shape index (κ1) is 23.4. The quantitative estimate of drug-likeness (QED) is 0.311. The van der Waals surface area contributed by atoms with Crippen molar-refractivity contribution in [3.63, 3.8) is 0 Å². The van der Waals surface area contributed by atoms with Crippen molar-refractivity contribution >= 4 is 43.7 Å². The SMILES string of the molecule is CN(C)C(=O)CNC(=O)C=CCCCCCCCCCC=C(Br)Br. The van der Waals surface area contributed by atoms with Crippen LogP contribution in [-0.2, 0) is 9.59 Å². The summed E-state index contributed by atoms with van der Waals surface area (Å²) in [5.74, 6) is -0.304. The maximum Gasteiger partial charge on any atom is 0.244 e. The average Bonchev–Trinajstić information content (AvgIpc) is 2.53. The van der Waals surface area contributed by atoms with Gasteiger partial charge >= 0.3 is 0 Å². The summed E-state index contributed by atoms with van der Waals surface area (Å²) >= 11 is 6.72. The molecule has 0 atom stereocenters. The standard InChI is InChI=1S/C18H30Br2N2O2/c1-22(2)18(24)15-21-17(23)14-12-10-8-6-4-3-5-7-9-11-13-16(19)20/h12-14H,3-11,15H2,1-2H3,(H,21,23). The Bertz CT molecular complexity index is 417. The van der Waals surface area contributed by atoms with Gasteiger partial charge in [-0.2, -0.15) is 0 Å². The average molecular weight is 466 g/mol. The van der Waals surface area contributed by atoms with E-state index in [2.05, 4.69) is 43.3 Å². The van der Waals surface area contributed by atoms with Crippen LogP contribution in [0.5, 0.6) is 0 Å². The van der Waals surface area contributed by atoms with Gasteiger partial charge in [-0.05, 0) is 63.6 Å². The first-order valence-corrected chi connectivity index (χ1v) is 10.2. The van der Waals surface area contributed by atoms with E-state index in [4.69, 9.17) is 0 Å². The van der Waals surface area contributed by atoms with Gasteiger partial charge in [-0.3, -0.25) is 9.59 Å². The fourth-order valence-electron chi connectivity index (χ4n) is 2.07. The Kier molecular flexibility index (Phi) is 15.5. The van der Waals surface area contributed by atoms with Crippen molar-refractivity contribution in [1.29, 1.82) is 0 Å². The van der Waals surface area contributed by atoms with E-state index in [1.54, 1.807) is 14.1 Å². The van der Waals surface area contributed by atoms with Gasteiger partial charge in [0.2, 0.25) is 11.8 Å². The minimum absolute atomic E-state index is 0.0541. The zero-order chi connectivity index (χ0) is 18.2. The number of allylic oxidation sites excluding steroid dienone is 2. The molecular weight excluding hydrogens is 436 g/mol. The van der Waals surface area contributed by atoms with Crippen molar-refractivity contribution in [2.24, 2.45) is 0 Å². The van der Waals surface area contributed by atoms with Crippen molar-refractivity contribution in [1.82, 2.24) is 10.2 Å². The molecule has 4 nitrogen and oxygen atoms in total. The highest BCUT2D eigenvalue weighted by molar-refractivity contribution is 9.28. The van der Waals surface area contributed by atoms with Gasteiger partial charge in [0.15, 0.2) is 0 Å². The molecule has 0 bridgehead atoms. The Morgan fingerprint density at radius 3 is 2.00 bits per heavy atom. The molecule has 0 radical (unpaired) electrons. The second kappa shape index (κ2) is 15.9. The third-order valence-corrected chi connectivity index (χ3v) is 4.20. The van der Waals surface area contributed by atoms with Gasteiger partial charge in [-0.1, -0.05) is 44.3 Å². The highest BCUT2D eigenvalue weighted by atomic mass is 79.9. The summed E-state index contributed by atoms with van der Waals surface area (Å²) < 4.78 is 1.04. The maximum atomic E-state index is 11.5. The van der Waals surface area contributed by atoms with E-state index in [1.165, 1.54) is 49.5 Å². The number of nitrogens with one attached hydrogen (secondary N) is 1. The minimum atomic E-state index is -0.200. The lowest BCUT2D eigenvalue weighted by Gasteiger charge is -2.09. The second-order valence-electron chi connectivity index (χ2n) is 5.95. The van der Waals surface area contributed by atoms with Crippen LogP contribution in [0.15, 0.2) is 21.6 Å². The number of nitrogens with zero attached hydrogens (tertiary/aromatic N) is 1. The number of amides is 2. The molecule has 24 heavy (non-hydrogen) atoms. The predicted molar refractivity (Wildman–Crippen MR) is 108 cm³/mol. The summed E-state index contributed by atoms with van der Waals surface area (Å²) in [6.45, 7) is 0.0541. The van der Waals surface area contributed by atoms with Crippen LogP contribution in [0.25, 0.3) is 0 Å². The molecule has 0 aromatic heterocycles. The van der Waals surface area contributed by atoms with Crippen molar-refractivity contribution in [2.75, 3.05) is 20.6 Å². The summed E-state index contributed by atoms with van der Waals surface area (Å²) in [5.41, 5.74) is 0. The first-order chi connectivity index (χ1) is 11.4. The molecule has 0 aromatic rings. The van der Waals surface area contributed by atoms with E-state index >= 15 is 0 Å². The van der Waals surface area contributed by atoms with Crippen LogP contribution >= 0.6 is 31.9 Å². The number of rotatable bonds is 13. The molecule has 0 aliphatic heterocycles. The van der Waals surface area contributed by atoms with Crippen LogP contribution in [0.4, 0.5) is 0 Å². The third kappa shape index (κ3) is 16.2. The molecule has 138 valence electrons. The molecular formula is C18H30Br2N2O2. The molecule has 6 heteroatoms. The van der Waals surface area contributed by atoms with Gasteiger partial charge in [0.25, 0.3) is 0 Å². The predicted octanol–water partition coefficient (Wildman–Crippen LogP) is 4.89. The lowest BCUT2D eigenvalue weighted by molar-refractivity contribution is -0.129. The Balaban J connectivity index is 3.41. The molecule has 0 rings (SSSR count). The lowest BCUT2D eigenvalue weighted by atomic mass is 10.1. The van der Waals surface area contributed by atoms with Crippen molar-refractivity contribution < 1.29 is 9.59 Å². The third-order valence-electron chi connectivity index (χ3n) is 3.56. The minimum Gasteiger partial charge on any atom is -0.347 e. The summed E-state index contributed by atoms with van der Waals surface area (Å²) in [6, 6.07) is 0. The molecule has 0 aliphatic carbocycles. The van der Waals surface area contributed by atoms with Crippen LogP contribution in [0.3, 0.4) is 0 Å². The van der Waals surface area contributed by atoms with Gasteiger partial charge in [-0.25, -0.2) is 0 Å². The van der Waals surface area contributed by atoms with Crippen LogP contribution in [-0.4, -0.2) is 37.4 Å². The van der Waals surface area contributed by atoms with Crippen molar-refractivity contribution in [2.45, 2.75) is 57.8 Å². The number of carbonyl (C=O) groups is 2. The molecule has 0 saturated carbocycles. The number of halogens is 2. The number of hydrogen-bond acceptors (Lipinski definition) is 2. The zero-order valence-electron chi connectivity index (χ0n) is 14.8. The fraction of sp³-hybridized carbons (Fsp3) is 0.667. The highest BCUT2D eigenvalue weighted by Gasteiger charge is 2.04. The lowest BCUT2D eigenvalue weighted by Crippen LogP contribution is -2.35. The van der Waals surface area contributed by atoms with Gasteiger partial charge in [0, 0.05) is 14.1 Å². The van der Waals surface area contributed by atoms with E-state index in [0.717, 1.165) is 22.7 Å². The first-order valence-electron chi connectivity index (χ1n) is 8.59. The summed E-state index contributed by atoms with van der Waals surface area (Å²) in [4.78, 5) is 24.3. The molecule has 0 aromatic carbocycles. The second-order valence-corrected chi connectivity index (χ2v) is 8.73. The van der Waals surface area contributed by atoms with E-state index in [1.807, 2.05) is 6.08 Å². The molecule has 1 N–H and O–H groups in total. The van der Waals surface area contributed by atoms with Gasteiger partial charge in [0.05, 0.1) is 9.94 Å². The fourth-order valence-corrected chi connectivity index (χ4v) is 2.53. The molecule has 0 heterocycles. The number of hydrogen-bond donors (Lipinski definition) is 1. The van der Waals surface area contributed by atoms with E-state index in [9.17, 15) is 9.59 Å². The van der Waals surface area contributed by atoms with E-state index < -0.39 is 0 Å². The largest absolute Gasteiger partial charge is 0.347 e. The maximum absolute atomic E-state index is 11.5. The summed E-state index contributed by atoms with van der Waals surface area (Å²) in [5, 5.41) is 2.58. The van der Waals surface area contributed by atoms with Crippen molar-refractivity contribution in [3.8, 4) is 0 Å². The van der Waals surface area contributed by atoms with Crippen molar-refractivity contribution in [3.05, 3.63) is 21.6 Å². The number of unbranched alkanes of at least 4 members (excludes halogenated alkanes) is 8. The normalized spacial score (nSPS) is 10.7.